The van der Waals surface area contributed by atoms with Gasteiger partial charge in [-0.15, -0.1) is 0 Å². The second kappa shape index (κ2) is 3.77. The number of hydrogen-bond donors (Lipinski definition) is 1. The van der Waals surface area contributed by atoms with Gasteiger partial charge >= 0.3 is 0 Å². The van der Waals surface area contributed by atoms with Crippen molar-refractivity contribution in [2.45, 2.75) is 13.8 Å². The summed E-state index contributed by atoms with van der Waals surface area (Å²) in [7, 11) is 0. The van der Waals surface area contributed by atoms with Crippen LogP contribution in [0.1, 0.15) is 18.1 Å². The molecule has 0 unspecified atom stereocenters. The van der Waals surface area contributed by atoms with Crippen LogP contribution in [0.25, 0.3) is 0 Å². The molecule has 12 heavy (non-hydrogen) atoms. The highest BCUT2D eigenvalue weighted by Gasteiger charge is 2.00. The van der Waals surface area contributed by atoms with Gasteiger partial charge in [0.2, 0.25) is 0 Å². The summed E-state index contributed by atoms with van der Waals surface area (Å²) in [4.78, 5) is 0. The second-order valence-corrected chi connectivity index (χ2v) is 2.62. The Morgan fingerprint density at radius 3 is 2.83 bits per heavy atom. The molecule has 0 radical (unpaired) electrons. The van der Waals surface area contributed by atoms with E-state index in [1.54, 1.807) is 0 Å². The quantitative estimate of drug-likeness (QED) is 0.720. The molecule has 0 bridgehead atoms. The Labute approximate surface area is 72.8 Å². The molecule has 0 atom stereocenters. The van der Waals surface area contributed by atoms with Crippen molar-refractivity contribution in [2.24, 2.45) is 0 Å². The van der Waals surface area contributed by atoms with Crippen LogP contribution in [0, 0.1) is 18.3 Å². The third kappa shape index (κ3) is 1.57. The lowest BCUT2D eigenvalue weighted by Crippen LogP contribution is -1.99. The van der Waals surface area contributed by atoms with Crippen molar-refractivity contribution in [3.63, 3.8) is 0 Å². The lowest BCUT2D eigenvalue weighted by molar-refractivity contribution is 1.19. The van der Waals surface area contributed by atoms with E-state index in [-0.39, 0.29) is 0 Å². The first kappa shape index (κ1) is 8.61. The molecule has 0 fully saturated rings. The van der Waals surface area contributed by atoms with Crippen molar-refractivity contribution in [3.8, 4) is 6.07 Å². The number of nitriles is 1. The summed E-state index contributed by atoms with van der Waals surface area (Å²) in [6.45, 7) is 4.88. The first-order valence-electron chi connectivity index (χ1n) is 4.03. The summed E-state index contributed by atoms with van der Waals surface area (Å²) in [5.74, 6) is 0. The number of rotatable bonds is 2. The fraction of sp³-hybridized carbons (Fsp3) is 0.300. The fourth-order valence-corrected chi connectivity index (χ4v) is 1.14. The molecule has 0 saturated carbocycles. The standard InChI is InChI=1S/C10H12N2/c1-3-12-10-6-4-5-9(7-11)8(10)2/h4-6,12H,3H2,1-2H3. The van der Waals surface area contributed by atoms with Crippen LogP contribution >= 0.6 is 0 Å². The maximum atomic E-state index is 8.73. The van der Waals surface area contributed by atoms with Gasteiger partial charge in [0.05, 0.1) is 11.6 Å². The molecule has 2 nitrogen and oxygen atoms in total. The minimum Gasteiger partial charge on any atom is -0.385 e. The average Bonchev–Trinajstić information content (AvgIpc) is 2.09. The highest BCUT2D eigenvalue weighted by Crippen LogP contribution is 2.17. The maximum absolute atomic E-state index is 8.73. The van der Waals surface area contributed by atoms with Crippen LogP contribution in [0.3, 0.4) is 0 Å². The number of hydrogen-bond acceptors (Lipinski definition) is 2. The zero-order valence-corrected chi connectivity index (χ0v) is 7.39. The molecular weight excluding hydrogens is 148 g/mol. The van der Waals surface area contributed by atoms with Gasteiger partial charge in [0.25, 0.3) is 0 Å². The van der Waals surface area contributed by atoms with Crippen molar-refractivity contribution < 1.29 is 0 Å². The van der Waals surface area contributed by atoms with E-state index < -0.39 is 0 Å². The monoisotopic (exact) mass is 160 g/mol. The van der Waals surface area contributed by atoms with E-state index in [1.807, 2.05) is 32.0 Å². The molecule has 1 aromatic carbocycles. The van der Waals surface area contributed by atoms with Crippen molar-refractivity contribution in [3.05, 3.63) is 29.3 Å². The van der Waals surface area contributed by atoms with Crippen LogP contribution in [-0.4, -0.2) is 6.54 Å². The molecule has 0 aromatic heterocycles. The van der Waals surface area contributed by atoms with Crippen LogP contribution in [0.5, 0.6) is 0 Å². The van der Waals surface area contributed by atoms with E-state index in [4.69, 9.17) is 5.26 Å². The highest BCUT2D eigenvalue weighted by atomic mass is 14.9. The molecule has 0 aliphatic heterocycles. The van der Waals surface area contributed by atoms with Crippen LogP contribution < -0.4 is 5.32 Å². The average molecular weight is 160 g/mol. The van der Waals surface area contributed by atoms with Gasteiger partial charge in [-0.3, -0.25) is 0 Å². The van der Waals surface area contributed by atoms with E-state index in [9.17, 15) is 0 Å². The minimum atomic E-state index is 0.744. The molecule has 0 amide bonds. The summed E-state index contributed by atoms with van der Waals surface area (Å²) >= 11 is 0. The van der Waals surface area contributed by atoms with Gasteiger partial charge in [-0.2, -0.15) is 5.26 Å². The predicted molar refractivity (Wildman–Crippen MR) is 50.1 cm³/mol. The zero-order chi connectivity index (χ0) is 8.97. The first-order valence-corrected chi connectivity index (χ1v) is 4.03. The number of anilines is 1. The second-order valence-electron chi connectivity index (χ2n) is 2.62. The number of nitrogens with zero attached hydrogens (tertiary/aromatic N) is 1. The lowest BCUT2D eigenvalue weighted by atomic mass is 10.1. The Kier molecular flexibility index (Phi) is 2.71. The highest BCUT2D eigenvalue weighted by molar-refractivity contribution is 5.57. The molecule has 0 saturated heterocycles. The Balaban J connectivity index is 3.07. The van der Waals surface area contributed by atoms with Gasteiger partial charge < -0.3 is 5.32 Å². The van der Waals surface area contributed by atoms with Crippen LogP contribution in [0.4, 0.5) is 5.69 Å². The van der Waals surface area contributed by atoms with Gasteiger partial charge in [-0.1, -0.05) is 6.07 Å². The predicted octanol–water partition coefficient (Wildman–Crippen LogP) is 2.30. The van der Waals surface area contributed by atoms with Gasteiger partial charge in [-0.25, -0.2) is 0 Å². The summed E-state index contributed by atoms with van der Waals surface area (Å²) < 4.78 is 0. The lowest BCUT2D eigenvalue weighted by Gasteiger charge is -2.07. The summed E-state index contributed by atoms with van der Waals surface area (Å²) in [6, 6.07) is 7.86. The largest absolute Gasteiger partial charge is 0.385 e. The summed E-state index contributed by atoms with van der Waals surface area (Å²) in [5, 5.41) is 11.9. The SMILES string of the molecule is CCNc1cccc(C#N)c1C. The Hall–Kier alpha value is -1.49. The summed E-state index contributed by atoms with van der Waals surface area (Å²) in [5.41, 5.74) is 2.83. The van der Waals surface area contributed by atoms with E-state index >= 15 is 0 Å². The summed E-state index contributed by atoms with van der Waals surface area (Å²) in [6.07, 6.45) is 0. The molecule has 2 heteroatoms. The third-order valence-corrected chi connectivity index (χ3v) is 1.82. The van der Waals surface area contributed by atoms with E-state index in [0.717, 1.165) is 23.4 Å². The molecule has 1 aromatic rings. The Bertz CT molecular complexity index is 310. The molecular formula is C10H12N2. The van der Waals surface area contributed by atoms with Gasteiger partial charge in [-0.05, 0) is 31.5 Å². The Morgan fingerprint density at radius 1 is 1.50 bits per heavy atom. The van der Waals surface area contributed by atoms with Crippen molar-refractivity contribution >= 4 is 5.69 Å². The molecule has 0 spiro atoms. The van der Waals surface area contributed by atoms with Crippen LogP contribution in [0.15, 0.2) is 18.2 Å². The molecule has 1 N–H and O–H groups in total. The molecule has 0 aliphatic rings. The molecule has 0 heterocycles. The van der Waals surface area contributed by atoms with E-state index in [2.05, 4.69) is 11.4 Å². The van der Waals surface area contributed by atoms with E-state index in [0.29, 0.717) is 0 Å². The number of nitrogens with one attached hydrogen (secondary N) is 1. The normalized spacial score (nSPS) is 9.08. The molecule has 62 valence electrons. The topological polar surface area (TPSA) is 35.8 Å². The minimum absolute atomic E-state index is 0.744. The first-order chi connectivity index (χ1) is 5.79. The van der Waals surface area contributed by atoms with Crippen LogP contribution in [-0.2, 0) is 0 Å². The van der Waals surface area contributed by atoms with Crippen molar-refractivity contribution in [1.29, 1.82) is 5.26 Å². The zero-order valence-electron chi connectivity index (χ0n) is 7.39. The molecule has 1 rings (SSSR count). The van der Waals surface area contributed by atoms with Crippen molar-refractivity contribution in [1.82, 2.24) is 0 Å². The van der Waals surface area contributed by atoms with Gasteiger partial charge in [0, 0.05) is 12.2 Å². The van der Waals surface area contributed by atoms with Crippen molar-refractivity contribution in [2.75, 3.05) is 11.9 Å². The Morgan fingerprint density at radius 2 is 2.25 bits per heavy atom. The van der Waals surface area contributed by atoms with Gasteiger partial charge in [0.15, 0.2) is 0 Å². The van der Waals surface area contributed by atoms with Crippen LogP contribution in [0.2, 0.25) is 0 Å². The number of benzene rings is 1. The maximum Gasteiger partial charge on any atom is 0.0995 e. The molecule has 0 aliphatic carbocycles. The third-order valence-electron chi connectivity index (χ3n) is 1.82. The van der Waals surface area contributed by atoms with E-state index in [1.165, 1.54) is 0 Å². The fourth-order valence-electron chi connectivity index (χ4n) is 1.14. The smallest absolute Gasteiger partial charge is 0.0995 e. The van der Waals surface area contributed by atoms with Gasteiger partial charge in [0.1, 0.15) is 0 Å².